The van der Waals surface area contributed by atoms with E-state index in [4.69, 9.17) is 15.2 Å². The van der Waals surface area contributed by atoms with Crippen LogP contribution in [0, 0.1) is 5.92 Å². The molecule has 0 heterocycles. The molecule has 16 heavy (non-hydrogen) atoms. The fourth-order valence-corrected chi connectivity index (χ4v) is 1.89. The zero-order valence-electron chi connectivity index (χ0n) is 9.69. The zero-order chi connectivity index (χ0) is 11.4. The second-order valence-corrected chi connectivity index (χ2v) is 4.34. The number of methoxy groups -OCH3 is 1. The molecule has 88 valence electrons. The van der Waals surface area contributed by atoms with E-state index in [-0.39, 0.29) is 6.04 Å². The maximum Gasteiger partial charge on any atom is 0.123 e. The fraction of sp³-hybridized carbons (Fsp3) is 0.538. The van der Waals surface area contributed by atoms with Crippen molar-refractivity contribution in [3.63, 3.8) is 0 Å². The molecule has 1 fully saturated rings. The summed E-state index contributed by atoms with van der Waals surface area (Å²) in [5.41, 5.74) is 6.04. The van der Waals surface area contributed by atoms with Gasteiger partial charge >= 0.3 is 0 Å². The molecule has 0 saturated heterocycles. The molecule has 3 heteroatoms. The van der Waals surface area contributed by atoms with E-state index >= 15 is 0 Å². The highest BCUT2D eigenvalue weighted by molar-refractivity contribution is 5.32. The van der Waals surface area contributed by atoms with E-state index in [0.29, 0.717) is 12.5 Å². The molecule has 0 bridgehead atoms. The van der Waals surface area contributed by atoms with E-state index in [0.717, 1.165) is 11.5 Å². The van der Waals surface area contributed by atoms with E-state index in [1.807, 2.05) is 24.3 Å². The van der Waals surface area contributed by atoms with Gasteiger partial charge in [0.2, 0.25) is 0 Å². The third kappa shape index (κ3) is 2.67. The fourth-order valence-electron chi connectivity index (χ4n) is 1.89. The van der Waals surface area contributed by atoms with Gasteiger partial charge in [0.25, 0.3) is 0 Å². The van der Waals surface area contributed by atoms with Crippen molar-refractivity contribution >= 4 is 0 Å². The van der Waals surface area contributed by atoms with Gasteiger partial charge in [-0.25, -0.2) is 0 Å². The van der Waals surface area contributed by atoms with Gasteiger partial charge in [-0.1, -0.05) is 12.5 Å². The third-order valence-electron chi connectivity index (χ3n) is 3.24. The topological polar surface area (TPSA) is 44.5 Å². The Kier molecular flexibility index (Phi) is 3.67. The van der Waals surface area contributed by atoms with Crippen LogP contribution >= 0.6 is 0 Å². The van der Waals surface area contributed by atoms with Crippen molar-refractivity contribution in [3.05, 3.63) is 24.3 Å². The lowest BCUT2D eigenvalue weighted by molar-refractivity contribution is 0.188. The van der Waals surface area contributed by atoms with E-state index in [1.165, 1.54) is 19.3 Å². The van der Waals surface area contributed by atoms with Crippen LogP contribution in [-0.4, -0.2) is 19.8 Å². The Hall–Kier alpha value is -1.22. The highest BCUT2D eigenvalue weighted by atomic mass is 16.5. The monoisotopic (exact) mass is 221 g/mol. The lowest BCUT2D eigenvalue weighted by Crippen LogP contribution is -2.39. The summed E-state index contributed by atoms with van der Waals surface area (Å²) in [4.78, 5) is 0. The van der Waals surface area contributed by atoms with Gasteiger partial charge in [-0.3, -0.25) is 0 Å². The number of rotatable bonds is 5. The van der Waals surface area contributed by atoms with Crippen LogP contribution in [0.5, 0.6) is 11.5 Å². The second kappa shape index (κ2) is 5.21. The van der Waals surface area contributed by atoms with Gasteiger partial charge in [-0.15, -0.1) is 0 Å². The van der Waals surface area contributed by atoms with Crippen LogP contribution in [0.4, 0.5) is 0 Å². The van der Waals surface area contributed by atoms with Crippen LogP contribution in [0.15, 0.2) is 24.3 Å². The molecule has 0 radical (unpaired) electrons. The van der Waals surface area contributed by atoms with Crippen LogP contribution in [0.2, 0.25) is 0 Å². The highest BCUT2D eigenvalue weighted by Crippen LogP contribution is 2.29. The van der Waals surface area contributed by atoms with Crippen LogP contribution in [-0.2, 0) is 0 Å². The Morgan fingerprint density at radius 3 is 2.75 bits per heavy atom. The zero-order valence-corrected chi connectivity index (χ0v) is 9.69. The van der Waals surface area contributed by atoms with Gasteiger partial charge in [0.05, 0.1) is 7.11 Å². The predicted molar refractivity (Wildman–Crippen MR) is 63.8 cm³/mol. The summed E-state index contributed by atoms with van der Waals surface area (Å²) in [7, 11) is 1.65. The first-order valence-corrected chi connectivity index (χ1v) is 5.82. The lowest BCUT2D eigenvalue weighted by Gasteiger charge is -2.30. The molecule has 1 aromatic rings. The summed E-state index contributed by atoms with van der Waals surface area (Å²) in [6, 6.07) is 7.80. The Morgan fingerprint density at radius 1 is 1.38 bits per heavy atom. The quantitative estimate of drug-likeness (QED) is 0.829. The molecular formula is C13H19NO2. The van der Waals surface area contributed by atoms with Gasteiger partial charge in [-0.05, 0) is 30.9 Å². The summed E-state index contributed by atoms with van der Waals surface area (Å²) in [5, 5.41) is 0. The summed E-state index contributed by atoms with van der Waals surface area (Å²) < 4.78 is 10.8. The standard InChI is InChI=1S/C13H19NO2/c1-15-11-6-3-7-12(8-11)16-9-13(14)10-4-2-5-10/h3,6-8,10,13H,2,4-5,9,14H2,1H3. The predicted octanol–water partition coefficient (Wildman–Crippen LogP) is 2.20. The first-order chi connectivity index (χ1) is 7.79. The van der Waals surface area contributed by atoms with Crippen molar-refractivity contribution in [2.24, 2.45) is 11.7 Å². The Labute approximate surface area is 96.5 Å². The Bertz CT molecular complexity index is 336. The van der Waals surface area contributed by atoms with E-state index in [9.17, 15) is 0 Å². The minimum Gasteiger partial charge on any atom is -0.497 e. The van der Waals surface area contributed by atoms with Gasteiger partial charge < -0.3 is 15.2 Å². The highest BCUT2D eigenvalue weighted by Gasteiger charge is 2.24. The van der Waals surface area contributed by atoms with Crippen molar-refractivity contribution in [1.82, 2.24) is 0 Å². The number of nitrogens with two attached hydrogens (primary N) is 1. The Morgan fingerprint density at radius 2 is 2.12 bits per heavy atom. The molecule has 2 N–H and O–H groups in total. The normalized spacial score (nSPS) is 17.6. The van der Waals surface area contributed by atoms with Crippen LogP contribution < -0.4 is 15.2 Å². The molecule has 2 rings (SSSR count). The van der Waals surface area contributed by atoms with E-state index in [1.54, 1.807) is 7.11 Å². The molecule has 1 atom stereocenters. The van der Waals surface area contributed by atoms with Crippen molar-refractivity contribution in [2.45, 2.75) is 25.3 Å². The summed E-state index contributed by atoms with van der Waals surface area (Å²) in [6.07, 6.45) is 3.82. The molecule has 0 amide bonds. The first-order valence-electron chi connectivity index (χ1n) is 5.82. The van der Waals surface area contributed by atoms with Crippen LogP contribution in [0.3, 0.4) is 0 Å². The SMILES string of the molecule is COc1cccc(OCC(N)C2CCC2)c1. The van der Waals surface area contributed by atoms with Crippen molar-refractivity contribution in [3.8, 4) is 11.5 Å². The maximum atomic E-state index is 6.04. The van der Waals surface area contributed by atoms with Crippen molar-refractivity contribution < 1.29 is 9.47 Å². The number of hydrogen-bond acceptors (Lipinski definition) is 3. The third-order valence-corrected chi connectivity index (χ3v) is 3.24. The van der Waals surface area contributed by atoms with Crippen molar-refractivity contribution in [1.29, 1.82) is 0 Å². The van der Waals surface area contributed by atoms with Gasteiger partial charge in [0.1, 0.15) is 18.1 Å². The van der Waals surface area contributed by atoms with Crippen LogP contribution in [0.25, 0.3) is 0 Å². The van der Waals surface area contributed by atoms with E-state index in [2.05, 4.69) is 0 Å². The van der Waals surface area contributed by atoms with E-state index < -0.39 is 0 Å². The van der Waals surface area contributed by atoms with Gasteiger partial charge in [-0.2, -0.15) is 0 Å². The summed E-state index contributed by atoms with van der Waals surface area (Å²) in [5.74, 6) is 2.30. The summed E-state index contributed by atoms with van der Waals surface area (Å²) >= 11 is 0. The van der Waals surface area contributed by atoms with Crippen molar-refractivity contribution in [2.75, 3.05) is 13.7 Å². The molecule has 1 unspecified atom stereocenters. The van der Waals surface area contributed by atoms with Gasteiger partial charge in [0.15, 0.2) is 0 Å². The molecule has 1 aliphatic rings. The summed E-state index contributed by atoms with van der Waals surface area (Å²) in [6.45, 7) is 0.595. The minimum atomic E-state index is 0.167. The maximum absolute atomic E-state index is 6.04. The second-order valence-electron chi connectivity index (χ2n) is 4.34. The molecule has 1 saturated carbocycles. The molecule has 0 aromatic heterocycles. The Balaban J connectivity index is 1.83. The van der Waals surface area contributed by atoms with Gasteiger partial charge in [0, 0.05) is 12.1 Å². The average Bonchev–Trinajstić information content (AvgIpc) is 2.24. The molecule has 0 aliphatic heterocycles. The molecule has 0 spiro atoms. The first kappa shape index (κ1) is 11.3. The molecule has 1 aromatic carbocycles. The number of ether oxygens (including phenoxy) is 2. The number of hydrogen-bond donors (Lipinski definition) is 1. The smallest absolute Gasteiger partial charge is 0.123 e. The largest absolute Gasteiger partial charge is 0.497 e. The average molecular weight is 221 g/mol. The molecule has 1 aliphatic carbocycles. The number of benzene rings is 1. The van der Waals surface area contributed by atoms with Crippen LogP contribution in [0.1, 0.15) is 19.3 Å². The molecular weight excluding hydrogens is 202 g/mol. The molecule has 3 nitrogen and oxygen atoms in total. The lowest BCUT2D eigenvalue weighted by atomic mass is 9.80. The minimum absolute atomic E-state index is 0.167.